The number of nitrogens with zero attached hydrogens (tertiary/aromatic N) is 2. The molecule has 27 heteroatoms. The van der Waals surface area contributed by atoms with Crippen molar-refractivity contribution in [1.29, 1.82) is 0 Å². The first kappa shape index (κ1) is 40.8. The van der Waals surface area contributed by atoms with Crippen LogP contribution in [0.15, 0.2) is 60.7 Å². The number of aliphatic hydroxyl groups is 1. The van der Waals surface area contributed by atoms with Crippen molar-refractivity contribution in [3.8, 4) is 5.75 Å². The van der Waals surface area contributed by atoms with Gasteiger partial charge in [0.25, 0.3) is 5.56 Å². The molecule has 1 fully saturated rings. The second kappa shape index (κ2) is 14.4. The molecule has 284 valence electrons. The van der Waals surface area contributed by atoms with Gasteiger partial charge in [-0.25, -0.2) is 28.0 Å². The van der Waals surface area contributed by atoms with Crippen LogP contribution >= 0.6 is 54.5 Å². The van der Waals surface area contributed by atoms with E-state index in [-0.39, 0.29) is 33.3 Å². The molecule has 3 aliphatic rings. The molecule has 0 saturated carbocycles. The average Bonchev–Trinajstić information content (AvgIpc) is 3.34. The van der Waals surface area contributed by atoms with Gasteiger partial charge in [0, 0.05) is 29.2 Å². The van der Waals surface area contributed by atoms with Crippen molar-refractivity contribution in [3.63, 3.8) is 0 Å². The molecule has 1 aromatic carbocycles. The number of halogens is 2. The fourth-order valence-electron chi connectivity index (χ4n) is 5.30. The standard InChI is InChI=1S/C25H27Cl2N3O18P4/c1-11-9-30(24(34)29-23(11)33)19-8-17(31)18(44-19)10-43-49(35,36)46-51(39,40)48-52(41,42)47-50(37,38)45-12-4-5-15-13(6-12)25(2,3)20-16(28-15)7-14(26)22(32)21(20)27/h4-7,9,17-19,31H,8,10H2,1-3H3,(H,35,36)(H,37,38)(H,39,40)(H,41,42)(H,29,33,34)/t17?,18-,19-/m1/s1. The lowest BCUT2D eigenvalue weighted by atomic mass is 9.71. The Balaban J connectivity index is 1.21. The number of phosphoric ester groups is 2. The third-order valence-electron chi connectivity index (χ3n) is 7.56. The van der Waals surface area contributed by atoms with Crippen LogP contribution in [-0.4, -0.2) is 64.5 Å². The molecule has 0 bridgehead atoms. The van der Waals surface area contributed by atoms with E-state index in [0.717, 1.165) is 16.8 Å². The van der Waals surface area contributed by atoms with Gasteiger partial charge in [0.2, 0.25) is 5.78 Å². The number of rotatable bonds is 12. The van der Waals surface area contributed by atoms with Gasteiger partial charge in [0.1, 0.15) is 18.1 Å². The number of aliphatic hydroxyl groups excluding tert-OH is 1. The lowest BCUT2D eigenvalue weighted by Gasteiger charge is -2.36. The fraction of sp³-hybridized carbons (Fsp3) is 0.360. The maximum Gasteiger partial charge on any atom is 0.536 e. The smallest absolute Gasteiger partial charge is 0.404 e. The number of aryl methyl sites for hydroxylation is 1. The Morgan fingerprint density at radius 2 is 1.62 bits per heavy atom. The number of carbonyl (C=O) groups excluding carboxylic acids is 1. The number of hydrogen-bond acceptors (Lipinski definition) is 15. The Morgan fingerprint density at radius 1 is 1.00 bits per heavy atom. The maximum atomic E-state index is 12.7. The van der Waals surface area contributed by atoms with Crippen LogP contribution in [0.2, 0.25) is 0 Å². The van der Waals surface area contributed by atoms with Crippen LogP contribution < -0.4 is 15.8 Å². The zero-order valence-electron chi connectivity index (χ0n) is 26.5. The lowest BCUT2D eigenvalue weighted by Crippen LogP contribution is -2.33. The van der Waals surface area contributed by atoms with Crippen molar-refractivity contribution >= 4 is 71.7 Å². The maximum absolute atomic E-state index is 12.7. The summed E-state index contributed by atoms with van der Waals surface area (Å²) in [5.74, 6) is -1.12. The van der Waals surface area contributed by atoms with E-state index in [4.69, 9.17) is 32.5 Å². The summed E-state index contributed by atoms with van der Waals surface area (Å²) in [6.45, 7) is 3.68. The summed E-state index contributed by atoms with van der Waals surface area (Å²) in [6.07, 6.45) is -1.82. The predicted molar refractivity (Wildman–Crippen MR) is 178 cm³/mol. The first-order chi connectivity index (χ1) is 23.8. The number of aromatic amines is 1. The SMILES string of the molecule is Cc1cn([C@H]2CC(O)[C@@H](COP(=O)(O)OP(=O)(O)OP(=O)(O)OP(=O)(O)Oc3ccc4c(c3)C(C)(C)C3=C(Cl)C(=O)C(Cl)=CC3=N4)O2)c(=O)[nH]c1=O. The molecule has 5 rings (SSSR count). The van der Waals surface area contributed by atoms with Gasteiger partial charge >= 0.3 is 37.0 Å². The van der Waals surface area contributed by atoms with E-state index in [0.29, 0.717) is 11.3 Å². The minimum atomic E-state index is -6.14. The van der Waals surface area contributed by atoms with E-state index in [1.54, 1.807) is 13.8 Å². The van der Waals surface area contributed by atoms with Crippen molar-refractivity contribution in [1.82, 2.24) is 9.55 Å². The summed E-state index contributed by atoms with van der Waals surface area (Å²) in [5, 5.41) is 9.89. The highest BCUT2D eigenvalue weighted by Crippen LogP contribution is 2.71. The molecule has 5 unspecified atom stereocenters. The number of ketones is 1. The van der Waals surface area contributed by atoms with Crippen molar-refractivity contribution in [2.75, 3.05) is 6.61 Å². The van der Waals surface area contributed by atoms with Crippen LogP contribution in [0.25, 0.3) is 0 Å². The molecule has 0 spiro atoms. The van der Waals surface area contributed by atoms with Crippen LogP contribution in [0.1, 0.15) is 37.6 Å². The molecule has 1 saturated heterocycles. The number of nitrogens with one attached hydrogen (secondary N) is 1. The first-order valence-electron chi connectivity index (χ1n) is 14.3. The molecule has 1 aromatic heterocycles. The number of aromatic nitrogens is 2. The molecule has 0 amide bonds. The zero-order chi connectivity index (χ0) is 38.8. The molecule has 3 heterocycles. The van der Waals surface area contributed by atoms with Crippen LogP contribution in [0.4, 0.5) is 5.69 Å². The Kier molecular flexibility index (Phi) is 11.3. The number of Topliss-reactive ketones (excluding diaryl/α,β-unsaturated/α-hetero) is 1. The van der Waals surface area contributed by atoms with E-state index in [9.17, 15) is 57.3 Å². The van der Waals surface area contributed by atoms with Gasteiger partial charge in [-0.15, -0.1) is 0 Å². The summed E-state index contributed by atoms with van der Waals surface area (Å²) in [6, 6.07) is 3.61. The number of phosphoric acid groups is 4. The average molecular weight is 852 g/mol. The second-order valence-corrected chi connectivity index (χ2v) is 18.7. The Hall–Kier alpha value is -2.38. The predicted octanol–water partition coefficient (Wildman–Crippen LogP) is 3.60. The third-order valence-corrected chi connectivity index (χ3v) is 14.1. The van der Waals surface area contributed by atoms with Crippen LogP contribution in [-0.2, 0) is 50.7 Å². The Morgan fingerprint density at radius 3 is 2.27 bits per heavy atom. The zero-order valence-corrected chi connectivity index (χ0v) is 31.6. The lowest BCUT2D eigenvalue weighted by molar-refractivity contribution is -0.111. The Bertz CT molecular complexity index is 2270. The molecule has 1 aliphatic carbocycles. The van der Waals surface area contributed by atoms with Crippen LogP contribution in [0.3, 0.4) is 0 Å². The van der Waals surface area contributed by atoms with E-state index in [1.165, 1.54) is 25.1 Å². The topological polar surface area (TPSA) is 309 Å². The minimum Gasteiger partial charge on any atom is -0.404 e. The number of allylic oxidation sites excluding steroid dienone is 4. The summed E-state index contributed by atoms with van der Waals surface area (Å²) < 4.78 is 77.5. The third kappa shape index (κ3) is 8.94. The molecule has 0 radical (unpaired) electrons. The van der Waals surface area contributed by atoms with Crippen LogP contribution in [0.5, 0.6) is 5.75 Å². The molecular formula is C25H27Cl2N3O18P4. The van der Waals surface area contributed by atoms with E-state index in [2.05, 4.69) is 22.4 Å². The summed E-state index contributed by atoms with van der Waals surface area (Å²) in [5.41, 5.74) is -1.31. The van der Waals surface area contributed by atoms with Gasteiger partial charge in [-0.2, -0.15) is 12.9 Å². The minimum absolute atomic E-state index is 0.127. The molecule has 6 N–H and O–H groups in total. The van der Waals surface area contributed by atoms with Crippen molar-refractivity contribution in [3.05, 3.63) is 78.1 Å². The fourth-order valence-corrected chi connectivity index (χ4v) is 10.9. The Labute approximate surface area is 301 Å². The molecule has 52 heavy (non-hydrogen) atoms. The number of fused-ring (bicyclic) bond motifs is 2. The van der Waals surface area contributed by atoms with Crippen molar-refractivity contribution in [2.24, 2.45) is 4.99 Å². The van der Waals surface area contributed by atoms with Gasteiger partial charge in [0.05, 0.1) is 34.2 Å². The number of benzene rings is 1. The first-order valence-corrected chi connectivity index (χ1v) is 21.0. The number of H-pyrrole nitrogens is 1. The molecule has 21 nitrogen and oxygen atoms in total. The van der Waals surface area contributed by atoms with E-state index < -0.39 is 84.5 Å². The molecular weight excluding hydrogens is 825 g/mol. The van der Waals surface area contributed by atoms with E-state index in [1.807, 2.05) is 4.98 Å². The quantitative estimate of drug-likeness (QED) is 0.131. The van der Waals surface area contributed by atoms with E-state index >= 15 is 0 Å². The highest BCUT2D eigenvalue weighted by atomic mass is 35.5. The van der Waals surface area contributed by atoms with Crippen molar-refractivity contribution < 1.29 is 74.5 Å². The second-order valence-electron chi connectivity index (χ2n) is 11.7. The highest BCUT2D eigenvalue weighted by molar-refractivity contribution is 7.69. The largest absolute Gasteiger partial charge is 0.536 e. The summed E-state index contributed by atoms with van der Waals surface area (Å²) in [7, 11) is -23.7. The summed E-state index contributed by atoms with van der Waals surface area (Å²) >= 11 is 12.2. The summed E-state index contributed by atoms with van der Waals surface area (Å²) in [4.78, 5) is 82.5. The molecule has 7 atom stereocenters. The van der Waals surface area contributed by atoms with Gasteiger partial charge in [-0.1, -0.05) is 37.0 Å². The number of hydrogen-bond donors (Lipinski definition) is 6. The van der Waals surface area contributed by atoms with Gasteiger partial charge in [0.15, 0.2) is 0 Å². The normalized spacial score (nSPS) is 25.8. The molecule has 2 aliphatic heterocycles. The van der Waals surface area contributed by atoms with Crippen molar-refractivity contribution in [2.45, 2.75) is 51.0 Å². The number of carbonyl (C=O) groups is 1. The highest BCUT2D eigenvalue weighted by Gasteiger charge is 2.47. The van der Waals surface area contributed by atoms with Gasteiger partial charge in [-0.3, -0.25) is 28.6 Å². The molecule has 2 aromatic rings. The number of aliphatic imine (C=N–C) groups is 1. The number of ether oxygens (including phenoxy) is 1. The van der Waals surface area contributed by atoms with Crippen LogP contribution in [0, 0.1) is 6.92 Å². The van der Waals surface area contributed by atoms with Gasteiger partial charge < -0.3 is 29.0 Å². The monoisotopic (exact) mass is 851 g/mol. The van der Waals surface area contributed by atoms with Gasteiger partial charge in [-0.05, 0) is 36.8 Å².